The van der Waals surface area contributed by atoms with E-state index in [1.165, 1.54) is 4.57 Å². The molecule has 5 heteroatoms. The number of benzene rings is 3. The molecule has 0 atom stereocenters. The average Bonchev–Trinajstić information content (AvgIpc) is 2.68. The Morgan fingerprint density at radius 3 is 2.37 bits per heavy atom. The quantitative estimate of drug-likeness (QED) is 0.437. The molecule has 0 aliphatic rings. The number of nitrogens with zero attached hydrogens (tertiary/aromatic N) is 2. The second-order valence-corrected chi connectivity index (χ2v) is 6.81. The predicted molar refractivity (Wildman–Crippen MR) is 113 cm³/mol. The Bertz CT molecular complexity index is 1210. The van der Waals surface area contributed by atoms with Gasteiger partial charge in [-0.15, -0.1) is 0 Å². The van der Waals surface area contributed by atoms with E-state index in [0.717, 1.165) is 5.56 Å². The summed E-state index contributed by atoms with van der Waals surface area (Å²) in [5.41, 5.74) is 2.00. The Labute approximate surface area is 166 Å². The molecule has 0 saturated heterocycles. The summed E-state index contributed by atoms with van der Waals surface area (Å²) in [4.78, 5) is 17.9. The highest BCUT2D eigenvalue weighted by Gasteiger charge is 2.13. The van der Waals surface area contributed by atoms with Crippen LogP contribution in [0.3, 0.4) is 0 Å². The van der Waals surface area contributed by atoms with E-state index < -0.39 is 0 Å². The van der Waals surface area contributed by atoms with Gasteiger partial charge < -0.3 is 0 Å². The van der Waals surface area contributed by atoms with Gasteiger partial charge in [-0.25, -0.2) is 4.98 Å². The number of para-hydroxylation sites is 1. The normalized spacial score (nSPS) is 11.3. The Balaban J connectivity index is 1.98. The van der Waals surface area contributed by atoms with Gasteiger partial charge in [0.1, 0.15) is 5.82 Å². The zero-order chi connectivity index (χ0) is 18.8. The summed E-state index contributed by atoms with van der Waals surface area (Å²) in [5, 5.41) is 1.42. The molecule has 4 aromatic rings. The number of aromatic nitrogens is 2. The molecular weight excluding hydrogens is 379 g/mol. The second-order valence-electron chi connectivity index (χ2n) is 5.97. The average molecular weight is 393 g/mol. The van der Waals surface area contributed by atoms with Crippen molar-refractivity contribution in [3.63, 3.8) is 0 Å². The lowest BCUT2D eigenvalue weighted by Crippen LogP contribution is -2.22. The van der Waals surface area contributed by atoms with Crippen molar-refractivity contribution in [3.8, 4) is 5.69 Å². The molecule has 3 nitrogen and oxygen atoms in total. The minimum Gasteiger partial charge on any atom is -0.268 e. The molecule has 27 heavy (non-hydrogen) atoms. The molecule has 0 amide bonds. The Hall–Kier alpha value is -2.88. The van der Waals surface area contributed by atoms with Crippen molar-refractivity contribution in [2.75, 3.05) is 0 Å². The first-order chi connectivity index (χ1) is 13.1. The fourth-order valence-corrected chi connectivity index (χ4v) is 3.39. The van der Waals surface area contributed by atoms with Crippen LogP contribution in [0.1, 0.15) is 11.4 Å². The highest BCUT2D eigenvalue weighted by Crippen LogP contribution is 2.25. The van der Waals surface area contributed by atoms with Gasteiger partial charge in [0.05, 0.1) is 21.6 Å². The molecular formula is C22H14Cl2N2O. The Morgan fingerprint density at radius 1 is 0.852 bits per heavy atom. The van der Waals surface area contributed by atoms with Gasteiger partial charge in [0, 0.05) is 5.02 Å². The minimum absolute atomic E-state index is 0.183. The van der Waals surface area contributed by atoms with Crippen LogP contribution in [-0.2, 0) is 0 Å². The lowest BCUT2D eigenvalue weighted by Gasteiger charge is -2.13. The molecule has 0 aliphatic carbocycles. The van der Waals surface area contributed by atoms with Crippen molar-refractivity contribution in [1.29, 1.82) is 0 Å². The zero-order valence-corrected chi connectivity index (χ0v) is 15.7. The van der Waals surface area contributed by atoms with E-state index in [1.807, 2.05) is 60.7 Å². The topological polar surface area (TPSA) is 34.9 Å². The number of fused-ring (bicyclic) bond motifs is 1. The molecule has 0 N–H and O–H groups in total. The summed E-state index contributed by atoms with van der Waals surface area (Å²) < 4.78 is 1.51. The first kappa shape index (κ1) is 17.5. The van der Waals surface area contributed by atoms with Crippen molar-refractivity contribution >= 4 is 46.3 Å². The van der Waals surface area contributed by atoms with Gasteiger partial charge in [-0.05, 0) is 42.0 Å². The SMILES string of the molecule is O=c1c2ccccc2nc(/C=C/c2ccccc2)n1-c1ccc(Cl)cc1Cl. The van der Waals surface area contributed by atoms with Gasteiger partial charge in [-0.3, -0.25) is 9.36 Å². The van der Waals surface area contributed by atoms with Gasteiger partial charge in [0.25, 0.3) is 5.56 Å². The first-order valence-electron chi connectivity index (χ1n) is 8.34. The van der Waals surface area contributed by atoms with E-state index in [9.17, 15) is 4.79 Å². The molecule has 0 radical (unpaired) electrons. The number of hydrogen-bond acceptors (Lipinski definition) is 2. The van der Waals surface area contributed by atoms with Crippen LogP contribution < -0.4 is 5.56 Å². The predicted octanol–water partition coefficient (Wildman–Crippen LogP) is 5.86. The fraction of sp³-hybridized carbons (Fsp3) is 0. The van der Waals surface area contributed by atoms with E-state index in [1.54, 1.807) is 24.3 Å². The molecule has 1 heterocycles. The summed E-state index contributed by atoms with van der Waals surface area (Å²) in [7, 11) is 0. The molecule has 0 aliphatic heterocycles. The van der Waals surface area contributed by atoms with Gasteiger partial charge in [0.2, 0.25) is 0 Å². The summed E-state index contributed by atoms with van der Waals surface area (Å²) in [6.07, 6.45) is 3.73. The third-order valence-corrected chi connectivity index (χ3v) is 4.71. The highest BCUT2D eigenvalue weighted by molar-refractivity contribution is 6.35. The molecule has 0 fully saturated rings. The van der Waals surface area contributed by atoms with E-state index in [-0.39, 0.29) is 5.56 Å². The number of rotatable bonds is 3. The summed E-state index contributed by atoms with van der Waals surface area (Å²) in [6.45, 7) is 0. The largest absolute Gasteiger partial charge is 0.268 e. The lowest BCUT2D eigenvalue weighted by molar-refractivity contribution is 0.944. The molecule has 0 spiro atoms. The van der Waals surface area contributed by atoms with Crippen LogP contribution in [0.25, 0.3) is 28.7 Å². The molecule has 1 aromatic heterocycles. The Kier molecular flexibility index (Phi) is 4.80. The molecule has 0 unspecified atom stereocenters. The van der Waals surface area contributed by atoms with E-state index in [4.69, 9.17) is 23.2 Å². The summed E-state index contributed by atoms with van der Waals surface area (Å²) in [5.74, 6) is 0.492. The van der Waals surface area contributed by atoms with Crippen LogP contribution in [0.15, 0.2) is 77.6 Å². The maximum atomic E-state index is 13.2. The van der Waals surface area contributed by atoms with Crippen LogP contribution >= 0.6 is 23.2 Å². The molecule has 0 bridgehead atoms. The van der Waals surface area contributed by atoms with Crippen molar-refractivity contribution in [2.45, 2.75) is 0 Å². The van der Waals surface area contributed by atoms with Crippen LogP contribution in [0.5, 0.6) is 0 Å². The third kappa shape index (κ3) is 3.52. The van der Waals surface area contributed by atoms with Crippen LogP contribution in [0.2, 0.25) is 10.0 Å². The van der Waals surface area contributed by atoms with Crippen molar-refractivity contribution in [1.82, 2.24) is 9.55 Å². The van der Waals surface area contributed by atoms with Crippen molar-refractivity contribution < 1.29 is 0 Å². The van der Waals surface area contributed by atoms with Gasteiger partial charge >= 0.3 is 0 Å². The van der Waals surface area contributed by atoms with Crippen molar-refractivity contribution in [3.05, 3.63) is 105 Å². The second kappa shape index (κ2) is 7.39. The number of hydrogen-bond donors (Lipinski definition) is 0. The highest BCUT2D eigenvalue weighted by atomic mass is 35.5. The smallest absolute Gasteiger partial charge is 0.266 e. The minimum atomic E-state index is -0.183. The fourth-order valence-electron chi connectivity index (χ4n) is 2.89. The van der Waals surface area contributed by atoms with Crippen LogP contribution in [0, 0.1) is 0 Å². The van der Waals surface area contributed by atoms with E-state index >= 15 is 0 Å². The van der Waals surface area contributed by atoms with E-state index in [2.05, 4.69) is 4.98 Å². The molecule has 132 valence electrons. The van der Waals surface area contributed by atoms with Crippen LogP contribution in [0.4, 0.5) is 0 Å². The molecule has 3 aromatic carbocycles. The maximum Gasteiger partial charge on any atom is 0.266 e. The van der Waals surface area contributed by atoms with Gasteiger partial charge in [-0.1, -0.05) is 71.7 Å². The summed E-state index contributed by atoms with van der Waals surface area (Å²) >= 11 is 12.4. The number of halogens is 2. The lowest BCUT2D eigenvalue weighted by atomic mass is 10.2. The standard InChI is InChI=1S/C22H14Cl2N2O/c23-16-11-12-20(18(24)14-16)26-21(13-10-15-6-2-1-3-7-15)25-19-9-5-4-8-17(19)22(26)27/h1-14H/b13-10+. The maximum absolute atomic E-state index is 13.2. The first-order valence-corrected chi connectivity index (χ1v) is 9.09. The third-order valence-electron chi connectivity index (χ3n) is 4.18. The molecule has 4 rings (SSSR count). The summed E-state index contributed by atoms with van der Waals surface area (Å²) in [6, 6.07) is 22.1. The Morgan fingerprint density at radius 2 is 1.59 bits per heavy atom. The van der Waals surface area contributed by atoms with Crippen molar-refractivity contribution in [2.24, 2.45) is 0 Å². The monoisotopic (exact) mass is 392 g/mol. The van der Waals surface area contributed by atoms with Crippen LogP contribution in [-0.4, -0.2) is 9.55 Å². The molecule has 0 saturated carbocycles. The zero-order valence-electron chi connectivity index (χ0n) is 14.1. The van der Waals surface area contributed by atoms with E-state index in [0.29, 0.717) is 32.5 Å². The van der Waals surface area contributed by atoms with Gasteiger partial charge in [-0.2, -0.15) is 0 Å². The van der Waals surface area contributed by atoms with Gasteiger partial charge in [0.15, 0.2) is 0 Å².